The average Bonchev–Trinajstić information content (AvgIpc) is 3.17. The third-order valence-electron chi connectivity index (χ3n) is 5.58. The van der Waals surface area contributed by atoms with Crippen LogP contribution in [0.3, 0.4) is 0 Å². The van der Waals surface area contributed by atoms with Gasteiger partial charge in [0.25, 0.3) is 5.91 Å². The van der Waals surface area contributed by atoms with Gasteiger partial charge in [-0.3, -0.25) is 9.78 Å². The summed E-state index contributed by atoms with van der Waals surface area (Å²) in [5, 5.41) is 6.76. The van der Waals surface area contributed by atoms with Crippen molar-refractivity contribution in [2.75, 3.05) is 32.7 Å². The molecule has 3 heterocycles. The van der Waals surface area contributed by atoms with Crippen molar-refractivity contribution in [1.29, 1.82) is 0 Å². The first-order valence-corrected chi connectivity index (χ1v) is 11.0. The molecule has 0 atom stereocenters. The number of aromatic nitrogens is 2. The fraction of sp³-hybridized carbons (Fsp3) is 0.333. The zero-order chi connectivity index (χ0) is 23.6. The van der Waals surface area contributed by atoms with Gasteiger partial charge in [0.05, 0.1) is 46.6 Å². The standard InChI is InChI=1S/C24H27ClN4O4/c1-24(2,32-4)13-33-18-12-26-10-8-14(18)20-21(19-16(28-20)9-11-27-23(19)30)29-17-7-5-6-15(25)22(17)31-3/h5-8,10,12,28-29H,9,11,13H2,1-4H3,(H,27,30). The average molecular weight is 471 g/mol. The van der Waals surface area contributed by atoms with Crippen molar-refractivity contribution in [3.63, 3.8) is 0 Å². The number of anilines is 2. The Kier molecular flexibility index (Phi) is 6.49. The SMILES string of the molecule is COc1c(Cl)cccc1Nc1c(-c2ccncc2OCC(C)(C)OC)[nH]c2c1C(=O)NCC2. The van der Waals surface area contributed by atoms with Crippen LogP contribution in [0, 0.1) is 0 Å². The second-order valence-electron chi connectivity index (χ2n) is 8.30. The number of halogens is 1. The maximum atomic E-state index is 12.9. The van der Waals surface area contributed by atoms with Gasteiger partial charge in [-0.25, -0.2) is 0 Å². The van der Waals surface area contributed by atoms with Crippen LogP contribution in [0.25, 0.3) is 11.3 Å². The van der Waals surface area contributed by atoms with Crippen molar-refractivity contribution in [3.8, 4) is 22.8 Å². The van der Waals surface area contributed by atoms with Gasteiger partial charge in [-0.1, -0.05) is 17.7 Å². The summed E-state index contributed by atoms with van der Waals surface area (Å²) in [6, 6.07) is 7.27. The summed E-state index contributed by atoms with van der Waals surface area (Å²) in [5.74, 6) is 0.909. The van der Waals surface area contributed by atoms with Crippen LogP contribution in [0.15, 0.2) is 36.7 Å². The number of nitrogens with zero attached hydrogens (tertiary/aromatic N) is 1. The van der Waals surface area contributed by atoms with E-state index in [9.17, 15) is 4.79 Å². The summed E-state index contributed by atoms with van der Waals surface area (Å²) < 4.78 is 17.1. The largest absolute Gasteiger partial charge is 0.493 e. The zero-order valence-electron chi connectivity index (χ0n) is 19.0. The number of nitrogens with one attached hydrogen (secondary N) is 3. The molecule has 0 unspecified atom stereocenters. The first-order valence-electron chi connectivity index (χ1n) is 10.6. The number of fused-ring (bicyclic) bond motifs is 1. The molecule has 3 aromatic rings. The molecule has 1 amide bonds. The van der Waals surface area contributed by atoms with Crippen molar-refractivity contribution >= 4 is 28.9 Å². The maximum absolute atomic E-state index is 12.9. The van der Waals surface area contributed by atoms with Gasteiger partial charge in [0.15, 0.2) is 5.75 Å². The molecule has 174 valence electrons. The number of methoxy groups -OCH3 is 2. The molecule has 0 spiro atoms. The van der Waals surface area contributed by atoms with Crippen LogP contribution < -0.4 is 20.1 Å². The molecule has 0 fully saturated rings. The third-order valence-corrected chi connectivity index (χ3v) is 5.88. The second kappa shape index (κ2) is 9.33. The van der Waals surface area contributed by atoms with E-state index in [0.717, 1.165) is 11.3 Å². The summed E-state index contributed by atoms with van der Waals surface area (Å²) >= 11 is 6.33. The van der Waals surface area contributed by atoms with Crippen LogP contribution in [-0.4, -0.2) is 48.8 Å². The number of carbonyl (C=O) groups excluding carboxylic acids is 1. The lowest BCUT2D eigenvalue weighted by Crippen LogP contribution is -2.31. The Labute approximate surface area is 197 Å². The van der Waals surface area contributed by atoms with E-state index in [-0.39, 0.29) is 5.91 Å². The first-order chi connectivity index (χ1) is 15.8. The minimum absolute atomic E-state index is 0.153. The number of hydrogen-bond acceptors (Lipinski definition) is 6. The van der Waals surface area contributed by atoms with Crippen molar-refractivity contribution in [3.05, 3.63) is 52.9 Å². The van der Waals surface area contributed by atoms with Crippen LogP contribution in [0.4, 0.5) is 11.4 Å². The number of hydrogen-bond donors (Lipinski definition) is 3. The van der Waals surface area contributed by atoms with Gasteiger partial charge in [-0.05, 0) is 32.0 Å². The number of amides is 1. The Hall–Kier alpha value is -3.23. The Morgan fingerprint density at radius 3 is 2.82 bits per heavy atom. The van der Waals surface area contributed by atoms with Gasteiger partial charge in [0.2, 0.25) is 0 Å². The van der Waals surface area contributed by atoms with Crippen LogP contribution >= 0.6 is 11.6 Å². The van der Waals surface area contributed by atoms with Crippen molar-refractivity contribution in [2.45, 2.75) is 25.9 Å². The molecule has 33 heavy (non-hydrogen) atoms. The van der Waals surface area contributed by atoms with E-state index >= 15 is 0 Å². The summed E-state index contributed by atoms with van der Waals surface area (Å²) in [6.07, 6.45) is 4.03. The minimum Gasteiger partial charge on any atom is -0.493 e. The number of rotatable bonds is 8. The summed E-state index contributed by atoms with van der Waals surface area (Å²) in [6.45, 7) is 4.78. The van der Waals surface area contributed by atoms with Gasteiger partial charge >= 0.3 is 0 Å². The van der Waals surface area contributed by atoms with E-state index < -0.39 is 5.60 Å². The normalized spacial score (nSPS) is 13.3. The molecule has 1 aliphatic heterocycles. The first kappa shape index (κ1) is 22.9. The van der Waals surface area contributed by atoms with Gasteiger partial charge in [-0.15, -0.1) is 0 Å². The van der Waals surface area contributed by atoms with E-state index in [2.05, 4.69) is 20.6 Å². The smallest absolute Gasteiger partial charge is 0.255 e. The Balaban J connectivity index is 1.83. The number of benzene rings is 1. The van der Waals surface area contributed by atoms with Gasteiger partial charge in [0.1, 0.15) is 12.4 Å². The molecular weight excluding hydrogens is 444 g/mol. The Morgan fingerprint density at radius 1 is 1.24 bits per heavy atom. The number of ether oxygens (including phenoxy) is 3. The Morgan fingerprint density at radius 2 is 2.06 bits per heavy atom. The quantitative estimate of drug-likeness (QED) is 0.446. The van der Waals surface area contributed by atoms with Crippen molar-refractivity contribution < 1.29 is 19.0 Å². The molecule has 3 N–H and O–H groups in total. The predicted octanol–water partition coefficient (Wildman–Crippen LogP) is 4.57. The number of para-hydroxylation sites is 1. The van der Waals surface area contributed by atoms with Crippen molar-refractivity contribution in [2.24, 2.45) is 0 Å². The molecule has 8 nitrogen and oxygen atoms in total. The second-order valence-corrected chi connectivity index (χ2v) is 8.71. The third kappa shape index (κ3) is 4.62. The molecule has 1 aromatic carbocycles. The van der Waals surface area contributed by atoms with E-state index in [4.69, 9.17) is 25.8 Å². The number of carbonyl (C=O) groups is 1. The summed E-state index contributed by atoms with van der Waals surface area (Å²) in [7, 11) is 3.20. The van der Waals surface area contributed by atoms with E-state index in [1.54, 1.807) is 32.7 Å². The molecule has 0 bridgehead atoms. The van der Waals surface area contributed by atoms with Gasteiger partial charge in [-0.2, -0.15) is 0 Å². The lowest BCUT2D eigenvalue weighted by Gasteiger charge is -2.23. The highest BCUT2D eigenvalue weighted by Gasteiger charge is 2.29. The van der Waals surface area contributed by atoms with Gasteiger partial charge < -0.3 is 29.8 Å². The number of aromatic amines is 1. The topological polar surface area (TPSA) is 97.5 Å². The minimum atomic E-state index is -0.475. The van der Waals surface area contributed by atoms with Crippen molar-refractivity contribution in [1.82, 2.24) is 15.3 Å². The van der Waals surface area contributed by atoms with E-state index in [1.807, 2.05) is 32.0 Å². The lowest BCUT2D eigenvalue weighted by atomic mass is 10.0. The van der Waals surface area contributed by atoms with E-state index in [1.165, 1.54) is 0 Å². The van der Waals surface area contributed by atoms with Crippen LogP contribution in [0.1, 0.15) is 29.9 Å². The van der Waals surface area contributed by atoms with Crippen LogP contribution in [0.2, 0.25) is 5.02 Å². The molecule has 2 aromatic heterocycles. The highest BCUT2D eigenvalue weighted by molar-refractivity contribution is 6.32. The number of pyridine rings is 1. The molecule has 0 radical (unpaired) electrons. The molecule has 9 heteroatoms. The molecule has 0 saturated heterocycles. The fourth-order valence-corrected chi connectivity index (χ4v) is 3.92. The molecular formula is C24H27ClN4O4. The summed E-state index contributed by atoms with van der Waals surface area (Å²) in [5.41, 5.74) is 3.66. The lowest BCUT2D eigenvalue weighted by molar-refractivity contribution is -0.0146. The molecule has 0 saturated carbocycles. The highest BCUT2D eigenvalue weighted by Crippen LogP contribution is 2.42. The predicted molar refractivity (Wildman–Crippen MR) is 128 cm³/mol. The maximum Gasteiger partial charge on any atom is 0.255 e. The Bertz CT molecular complexity index is 1180. The molecule has 4 rings (SSSR count). The van der Waals surface area contributed by atoms with Crippen LogP contribution in [-0.2, 0) is 11.2 Å². The summed E-state index contributed by atoms with van der Waals surface area (Å²) in [4.78, 5) is 20.5. The molecule has 1 aliphatic rings. The zero-order valence-corrected chi connectivity index (χ0v) is 19.8. The highest BCUT2D eigenvalue weighted by atomic mass is 35.5. The fourth-order valence-electron chi connectivity index (χ4n) is 3.67. The van der Waals surface area contributed by atoms with Gasteiger partial charge in [0, 0.05) is 37.5 Å². The van der Waals surface area contributed by atoms with E-state index in [0.29, 0.717) is 58.7 Å². The van der Waals surface area contributed by atoms with Crippen LogP contribution in [0.5, 0.6) is 11.5 Å². The monoisotopic (exact) mass is 470 g/mol. The molecule has 0 aliphatic carbocycles. The number of H-pyrrole nitrogens is 1.